The first-order valence-corrected chi connectivity index (χ1v) is 8.79. The highest BCUT2D eigenvalue weighted by Crippen LogP contribution is 2.27. The van der Waals surface area contributed by atoms with E-state index < -0.39 is 28.4 Å². The quantitative estimate of drug-likeness (QED) is 0.277. The number of carbonyl (C=O) groups is 2. The lowest BCUT2D eigenvalue weighted by Gasteiger charge is -2.20. The van der Waals surface area contributed by atoms with Gasteiger partial charge in [0.05, 0.1) is 18.8 Å². The number of hydrogen-bond acceptors (Lipinski definition) is 8. The molecule has 2 aliphatic heterocycles. The number of fused-ring (bicyclic) bond motifs is 2. The minimum absolute atomic E-state index is 0.0770. The van der Waals surface area contributed by atoms with E-state index in [0.717, 1.165) is 0 Å². The molecule has 26 heavy (non-hydrogen) atoms. The molecule has 13 nitrogen and oxygen atoms in total. The lowest BCUT2D eigenvalue weighted by molar-refractivity contribution is -0.0183. The molecule has 1 aromatic rings. The summed E-state index contributed by atoms with van der Waals surface area (Å²) in [5.74, 6) is -0.565. The molecular formula is C12H16N6O7S. The molecule has 14 heteroatoms. The largest absolute Gasteiger partial charge is 0.418 e. The number of carbonyl (C=O) groups excluding carboxylic acids is 2. The molecule has 0 aliphatic carbocycles. The fourth-order valence-corrected chi connectivity index (χ4v) is 2.93. The maximum absolute atomic E-state index is 12.1. The van der Waals surface area contributed by atoms with Crippen molar-refractivity contribution in [1.29, 1.82) is 0 Å². The van der Waals surface area contributed by atoms with E-state index in [2.05, 4.69) is 14.9 Å². The fourth-order valence-electron chi connectivity index (χ4n) is 2.55. The third-order valence-corrected chi connectivity index (χ3v) is 3.93. The average Bonchev–Trinajstić information content (AvgIpc) is 3.14. The van der Waals surface area contributed by atoms with Crippen LogP contribution in [-0.4, -0.2) is 76.9 Å². The van der Waals surface area contributed by atoms with Crippen molar-refractivity contribution in [2.75, 3.05) is 26.2 Å². The first-order chi connectivity index (χ1) is 12.3. The summed E-state index contributed by atoms with van der Waals surface area (Å²) in [5, 5.41) is 4.66. The molecule has 0 radical (unpaired) electrons. The molecule has 1 fully saturated rings. The van der Waals surface area contributed by atoms with E-state index in [4.69, 9.17) is 15.1 Å². The van der Waals surface area contributed by atoms with Gasteiger partial charge >= 0.3 is 16.4 Å². The molecule has 0 saturated carbocycles. The average molecular weight is 388 g/mol. The first kappa shape index (κ1) is 18.3. The van der Waals surface area contributed by atoms with Gasteiger partial charge in [-0.1, -0.05) is 0 Å². The molecule has 2 aliphatic rings. The SMILES string of the molecule is NCCONC(=O)c1ccn(C2=CC3CN(C2)C(=O)N3OS(=O)(=O)O)n1. The van der Waals surface area contributed by atoms with Crippen LogP contribution in [0.5, 0.6) is 0 Å². The van der Waals surface area contributed by atoms with Crippen LogP contribution in [0.1, 0.15) is 10.5 Å². The maximum Gasteiger partial charge on any atom is 0.418 e. The van der Waals surface area contributed by atoms with Crippen LogP contribution < -0.4 is 11.2 Å². The van der Waals surface area contributed by atoms with E-state index in [1.165, 1.54) is 21.8 Å². The van der Waals surface area contributed by atoms with Crippen LogP contribution in [0.4, 0.5) is 4.79 Å². The summed E-state index contributed by atoms with van der Waals surface area (Å²) in [6.07, 6.45) is 3.07. The van der Waals surface area contributed by atoms with Gasteiger partial charge in [0.2, 0.25) is 0 Å². The molecule has 3 rings (SSSR count). The fraction of sp³-hybridized carbons (Fsp3) is 0.417. The number of rotatable bonds is 7. The summed E-state index contributed by atoms with van der Waals surface area (Å²) in [5.41, 5.74) is 8.03. The second-order valence-electron chi connectivity index (χ2n) is 5.43. The molecule has 0 aromatic carbocycles. The highest BCUT2D eigenvalue weighted by Gasteiger charge is 2.43. The summed E-state index contributed by atoms with van der Waals surface area (Å²) in [4.78, 5) is 30.1. The number of urea groups is 1. The number of hydrogen-bond donors (Lipinski definition) is 3. The van der Waals surface area contributed by atoms with Crippen molar-refractivity contribution in [3.05, 3.63) is 24.0 Å². The van der Waals surface area contributed by atoms with Crippen molar-refractivity contribution in [3.63, 3.8) is 0 Å². The van der Waals surface area contributed by atoms with Crippen LogP contribution in [0, 0.1) is 0 Å². The van der Waals surface area contributed by atoms with Crippen molar-refractivity contribution in [3.8, 4) is 0 Å². The van der Waals surface area contributed by atoms with Gasteiger partial charge in [-0.05, 0) is 12.1 Å². The Bertz CT molecular complexity index is 850. The molecule has 2 bridgehead atoms. The Hall–Kier alpha value is -2.52. The van der Waals surface area contributed by atoms with Crippen LogP contribution >= 0.6 is 0 Å². The Kier molecular flexibility index (Phi) is 4.92. The smallest absolute Gasteiger partial charge is 0.328 e. The topological polar surface area (TPSA) is 169 Å². The van der Waals surface area contributed by atoms with Crippen molar-refractivity contribution in [1.82, 2.24) is 25.2 Å². The van der Waals surface area contributed by atoms with Gasteiger partial charge in [0.1, 0.15) is 6.04 Å². The Morgan fingerprint density at radius 1 is 1.50 bits per heavy atom. The predicted molar refractivity (Wildman–Crippen MR) is 84.2 cm³/mol. The van der Waals surface area contributed by atoms with Gasteiger partial charge < -0.3 is 10.6 Å². The Morgan fingerprint density at radius 3 is 2.96 bits per heavy atom. The first-order valence-electron chi connectivity index (χ1n) is 7.42. The third-order valence-electron chi connectivity index (χ3n) is 3.58. The summed E-state index contributed by atoms with van der Waals surface area (Å²) in [6.45, 7) is 0.710. The lowest BCUT2D eigenvalue weighted by Crippen LogP contribution is -2.35. The zero-order valence-corrected chi connectivity index (χ0v) is 14.1. The van der Waals surface area contributed by atoms with Crippen LogP contribution in [0.25, 0.3) is 5.70 Å². The molecule has 1 aromatic heterocycles. The van der Waals surface area contributed by atoms with E-state index in [9.17, 15) is 18.0 Å². The maximum atomic E-state index is 12.1. The summed E-state index contributed by atoms with van der Waals surface area (Å²) < 4.78 is 36.2. The van der Waals surface area contributed by atoms with E-state index in [1.807, 2.05) is 0 Å². The third kappa shape index (κ3) is 3.83. The van der Waals surface area contributed by atoms with E-state index in [0.29, 0.717) is 10.8 Å². The second-order valence-corrected chi connectivity index (χ2v) is 6.43. The monoisotopic (exact) mass is 388 g/mol. The number of amides is 3. The molecule has 1 atom stereocenters. The minimum atomic E-state index is -4.83. The lowest BCUT2D eigenvalue weighted by atomic mass is 10.2. The van der Waals surface area contributed by atoms with E-state index in [-0.39, 0.29) is 31.9 Å². The zero-order valence-electron chi connectivity index (χ0n) is 13.3. The predicted octanol–water partition coefficient (Wildman–Crippen LogP) is -1.80. The van der Waals surface area contributed by atoms with Gasteiger partial charge in [-0.3, -0.25) is 14.2 Å². The van der Waals surface area contributed by atoms with Crippen molar-refractivity contribution < 1.29 is 31.7 Å². The molecule has 0 spiro atoms. The van der Waals surface area contributed by atoms with Gasteiger partial charge in [-0.15, -0.1) is 4.28 Å². The van der Waals surface area contributed by atoms with Gasteiger partial charge in [-0.2, -0.15) is 18.6 Å². The molecule has 4 N–H and O–H groups in total. The molecule has 142 valence electrons. The van der Waals surface area contributed by atoms with Crippen molar-refractivity contribution in [2.24, 2.45) is 5.73 Å². The van der Waals surface area contributed by atoms with Gasteiger partial charge in [0.15, 0.2) is 5.69 Å². The van der Waals surface area contributed by atoms with Crippen LogP contribution in [0.2, 0.25) is 0 Å². The standard InChI is InChI=1S/C12H16N6O7S/c13-2-4-24-15-11(19)10-1-3-17(14-10)8-5-9-7-16(6-8)12(20)18(9)25-26(21,22)23/h1,3,5,9H,2,4,6-7,13H2,(H,15,19)(H,21,22,23). The normalized spacial score (nSPS) is 19.7. The Morgan fingerprint density at radius 2 is 2.27 bits per heavy atom. The van der Waals surface area contributed by atoms with Gasteiger partial charge in [0, 0.05) is 19.3 Å². The Balaban J connectivity index is 1.74. The summed E-state index contributed by atoms with van der Waals surface area (Å²) in [6, 6.07) is 0.00367. The highest BCUT2D eigenvalue weighted by molar-refractivity contribution is 7.80. The molecule has 3 heterocycles. The van der Waals surface area contributed by atoms with Gasteiger partial charge in [0.25, 0.3) is 5.91 Å². The van der Waals surface area contributed by atoms with Gasteiger partial charge in [-0.25, -0.2) is 15.0 Å². The van der Waals surface area contributed by atoms with Crippen molar-refractivity contribution >= 4 is 28.0 Å². The zero-order chi connectivity index (χ0) is 18.9. The molecule has 1 saturated heterocycles. The molecule has 3 amide bonds. The van der Waals surface area contributed by atoms with Crippen LogP contribution in [-0.2, 0) is 19.5 Å². The molecule has 1 unspecified atom stereocenters. The Labute approximate surface area is 147 Å². The molecular weight excluding hydrogens is 372 g/mol. The number of nitrogens with two attached hydrogens (primary N) is 1. The minimum Gasteiger partial charge on any atom is -0.328 e. The number of nitrogens with one attached hydrogen (secondary N) is 1. The summed E-state index contributed by atoms with van der Waals surface area (Å²) in [7, 11) is -4.83. The van der Waals surface area contributed by atoms with Crippen LogP contribution in [0.3, 0.4) is 0 Å². The number of aromatic nitrogens is 2. The highest BCUT2D eigenvalue weighted by atomic mass is 32.3. The number of nitrogens with zero attached hydrogens (tertiary/aromatic N) is 4. The second kappa shape index (κ2) is 7.00. The van der Waals surface area contributed by atoms with Crippen LogP contribution in [0.15, 0.2) is 18.3 Å². The number of hydroxylamine groups is 3. The van der Waals surface area contributed by atoms with E-state index in [1.54, 1.807) is 6.08 Å². The van der Waals surface area contributed by atoms with E-state index >= 15 is 0 Å². The summed E-state index contributed by atoms with van der Waals surface area (Å²) >= 11 is 0. The van der Waals surface area contributed by atoms with Crippen molar-refractivity contribution in [2.45, 2.75) is 6.04 Å².